The Morgan fingerprint density at radius 3 is 2.29 bits per heavy atom. The Kier molecular flexibility index (Phi) is 6.61. The average Bonchev–Trinajstić information content (AvgIpc) is 2.60. The Labute approximate surface area is 143 Å². The maximum atomic E-state index is 12.2. The van der Waals surface area contributed by atoms with Crippen LogP contribution in [0, 0.1) is 0 Å². The van der Waals surface area contributed by atoms with Crippen molar-refractivity contribution in [3.8, 4) is 5.75 Å². The minimum Gasteiger partial charge on any atom is -0.494 e. The van der Waals surface area contributed by atoms with Crippen molar-refractivity contribution in [3.05, 3.63) is 29.8 Å². The summed E-state index contributed by atoms with van der Waals surface area (Å²) in [6.07, 6.45) is 0. The second-order valence-electron chi connectivity index (χ2n) is 6.15. The SMILES string of the molecule is CCOc1ccc(C(=O)NCC(=O)N2CCN(C(C)C)CC2)cc1. The van der Waals surface area contributed by atoms with Crippen LogP contribution < -0.4 is 10.1 Å². The number of hydrogen-bond donors (Lipinski definition) is 1. The lowest BCUT2D eigenvalue weighted by Crippen LogP contribution is -2.52. The average molecular weight is 333 g/mol. The molecule has 1 aromatic rings. The molecule has 1 aliphatic rings. The van der Waals surface area contributed by atoms with E-state index in [1.165, 1.54) is 0 Å². The number of amides is 2. The first-order chi connectivity index (χ1) is 11.5. The fourth-order valence-electron chi connectivity index (χ4n) is 2.73. The number of nitrogens with zero attached hydrogens (tertiary/aromatic N) is 2. The second kappa shape index (κ2) is 8.68. The molecule has 0 saturated carbocycles. The fourth-order valence-corrected chi connectivity index (χ4v) is 2.73. The van der Waals surface area contributed by atoms with Crippen molar-refractivity contribution < 1.29 is 14.3 Å². The van der Waals surface area contributed by atoms with Crippen LogP contribution in [0.15, 0.2) is 24.3 Å². The molecule has 2 rings (SSSR count). The number of hydrogen-bond acceptors (Lipinski definition) is 4. The molecule has 1 N–H and O–H groups in total. The van der Waals surface area contributed by atoms with Gasteiger partial charge in [-0.1, -0.05) is 0 Å². The van der Waals surface area contributed by atoms with Gasteiger partial charge in [-0.3, -0.25) is 14.5 Å². The number of benzene rings is 1. The molecule has 1 aliphatic heterocycles. The lowest BCUT2D eigenvalue weighted by Gasteiger charge is -2.36. The summed E-state index contributed by atoms with van der Waals surface area (Å²) in [6, 6.07) is 7.41. The third kappa shape index (κ3) is 4.96. The van der Waals surface area contributed by atoms with Gasteiger partial charge in [-0.05, 0) is 45.0 Å². The molecular weight excluding hydrogens is 306 g/mol. The third-order valence-corrected chi connectivity index (χ3v) is 4.22. The molecule has 0 aliphatic carbocycles. The smallest absolute Gasteiger partial charge is 0.251 e. The molecule has 132 valence electrons. The minimum absolute atomic E-state index is 0.0299. The van der Waals surface area contributed by atoms with Crippen LogP contribution in [-0.2, 0) is 4.79 Å². The van der Waals surface area contributed by atoms with Crippen LogP contribution in [0.25, 0.3) is 0 Å². The van der Waals surface area contributed by atoms with Crippen molar-refractivity contribution in [2.75, 3.05) is 39.3 Å². The van der Waals surface area contributed by atoms with E-state index in [2.05, 4.69) is 24.1 Å². The zero-order chi connectivity index (χ0) is 17.5. The van der Waals surface area contributed by atoms with Crippen LogP contribution in [0.1, 0.15) is 31.1 Å². The minimum atomic E-state index is -0.243. The number of carbonyl (C=O) groups is 2. The number of piperazine rings is 1. The predicted molar refractivity (Wildman–Crippen MR) is 93.2 cm³/mol. The van der Waals surface area contributed by atoms with Crippen LogP contribution >= 0.6 is 0 Å². The van der Waals surface area contributed by atoms with Gasteiger partial charge in [0.2, 0.25) is 5.91 Å². The summed E-state index contributed by atoms with van der Waals surface area (Å²) < 4.78 is 5.35. The van der Waals surface area contributed by atoms with E-state index >= 15 is 0 Å². The zero-order valence-corrected chi connectivity index (χ0v) is 14.7. The van der Waals surface area contributed by atoms with Crippen LogP contribution in [0.2, 0.25) is 0 Å². The molecule has 0 atom stereocenters. The van der Waals surface area contributed by atoms with E-state index < -0.39 is 0 Å². The van der Waals surface area contributed by atoms with E-state index in [-0.39, 0.29) is 18.4 Å². The zero-order valence-electron chi connectivity index (χ0n) is 14.7. The van der Waals surface area contributed by atoms with E-state index in [1.807, 2.05) is 11.8 Å². The lowest BCUT2D eigenvalue weighted by atomic mass is 10.2. The summed E-state index contributed by atoms with van der Waals surface area (Å²) in [7, 11) is 0. The van der Waals surface area contributed by atoms with Crippen molar-refractivity contribution in [1.82, 2.24) is 15.1 Å². The number of nitrogens with one attached hydrogen (secondary N) is 1. The standard InChI is InChI=1S/C18H27N3O3/c1-4-24-16-7-5-15(6-8-16)18(23)19-13-17(22)21-11-9-20(10-12-21)14(2)3/h5-8,14H,4,9-13H2,1-3H3,(H,19,23). The Bertz CT molecular complexity index is 549. The maximum absolute atomic E-state index is 12.2. The third-order valence-electron chi connectivity index (χ3n) is 4.22. The summed E-state index contributed by atoms with van der Waals surface area (Å²) in [5.74, 6) is 0.457. The first-order valence-electron chi connectivity index (χ1n) is 8.54. The first kappa shape index (κ1) is 18.3. The van der Waals surface area contributed by atoms with Gasteiger partial charge in [-0.2, -0.15) is 0 Å². The monoisotopic (exact) mass is 333 g/mol. The molecule has 2 amide bonds. The second-order valence-corrected chi connectivity index (χ2v) is 6.15. The highest BCUT2D eigenvalue weighted by molar-refractivity contribution is 5.96. The highest BCUT2D eigenvalue weighted by Gasteiger charge is 2.22. The number of ether oxygens (including phenoxy) is 1. The van der Waals surface area contributed by atoms with Gasteiger partial charge in [0.05, 0.1) is 13.2 Å². The Balaban J connectivity index is 1.78. The van der Waals surface area contributed by atoms with Crippen molar-refractivity contribution in [2.45, 2.75) is 26.8 Å². The molecule has 0 bridgehead atoms. The normalized spacial score (nSPS) is 15.4. The molecular formula is C18H27N3O3. The van der Waals surface area contributed by atoms with Gasteiger partial charge in [0.1, 0.15) is 5.75 Å². The van der Waals surface area contributed by atoms with Crippen LogP contribution in [0.4, 0.5) is 0 Å². The molecule has 0 unspecified atom stereocenters. The molecule has 0 aromatic heterocycles. The van der Waals surface area contributed by atoms with Crippen LogP contribution in [0.5, 0.6) is 5.75 Å². The quantitative estimate of drug-likeness (QED) is 0.854. The molecule has 1 saturated heterocycles. The molecule has 1 aromatic carbocycles. The Morgan fingerprint density at radius 2 is 1.75 bits per heavy atom. The van der Waals surface area contributed by atoms with Crippen molar-refractivity contribution in [3.63, 3.8) is 0 Å². The van der Waals surface area contributed by atoms with Gasteiger partial charge in [0, 0.05) is 37.8 Å². The fraction of sp³-hybridized carbons (Fsp3) is 0.556. The maximum Gasteiger partial charge on any atom is 0.251 e. The van der Waals surface area contributed by atoms with Gasteiger partial charge in [0.15, 0.2) is 0 Å². The van der Waals surface area contributed by atoms with Gasteiger partial charge < -0.3 is 15.0 Å². The topological polar surface area (TPSA) is 61.9 Å². The molecule has 6 nitrogen and oxygen atoms in total. The number of carbonyl (C=O) groups excluding carboxylic acids is 2. The van der Waals surface area contributed by atoms with Crippen molar-refractivity contribution in [1.29, 1.82) is 0 Å². The van der Waals surface area contributed by atoms with Gasteiger partial charge in [-0.15, -0.1) is 0 Å². The molecule has 6 heteroatoms. The highest BCUT2D eigenvalue weighted by Crippen LogP contribution is 2.12. The van der Waals surface area contributed by atoms with Crippen molar-refractivity contribution >= 4 is 11.8 Å². The molecule has 24 heavy (non-hydrogen) atoms. The lowest BCUT2D eigenvalue weighted by molar-refractivity contribution is -0.132. The van der Waals surface area contributed by atoms with Gasteiger partial charge in [-0.25, -0.2) is 0 Å². The van der Waals surface area contributed by atoms with Crippen molar-refractivity contribution in [2.24, 2.45) is 0 Å². The predicted octanol–water partition coefficient (Wildman–Crippen LogP) is 1.37. The summed E-state index contributed by atoms with van der Waals surface area (Å²) in [5, 5.41) is 2.70. The molecule has 0 spiro atoms. The highest BCUT2D eigenvalue weighted by atomic mass is 16.5. The summed E-state index contributed by atoms with van der Waals surface area (Å²) in [5.41, 5.74) is 0.524. The largest absolute Gasteiger partial charge is 0.494 e. The molecule has 1 heterocycles. The summed E-state index contributed by atoms with van der Waals surface area (Å²) in [4.78, 5) is 28.5. The Morgan fingerprint density at radius 1 is 1.12 bits per heavy atom. The molecule has 0 radical (unpaired) electrons. The molecule has 1 fully saturated rings. The van der Waals surface area contributed by atoms with E-state index in [0.717, 1.165) is 31.9 Å². The van der Waals surface area contributed by atoms with Gasteiger partial charge in [0.25, 0.3) is 5.91 Å². The van der Waals surface area contributed by atoms with E-state index in [9.17, 15) is 9.59 Å². The Hall–Kier alpha value is -2.08. The summed E-state index contributed by atoms with van der Waals surface area (Å²) >= 11 is 0. The van der Waals surface area contributed by atoms with Gasteiger partial charge >= 0.3 is 0 Å². The number of rotatable bonds is 6. The first-order valence-corrected chi connectivity index (χ1v) is 8.54. The van der Waals surface area contributed by atoms with E-state index in [1.54, 1.807) is 24.3 Å². The van der Waals surface area contributed by atoms with E-state index in [4.69, 9.17) is 4.74 Å². The van der Waals surface area contributed by atoms with Crippen LogP contribution in [-0.4, -0.2) is 67.0 Å². The van der Waals surface area contributed by atoms with E-state index in [0.29, 0.717) is 18.2 Å². The van der Waals surface area contributed by atoms with Crippen LogP contribution in [0.3, 0.4) is 0 Å². The summed E-state index contributed by atoms with van der Waals surface area (Å²) in [6.45, 7) is 10.1.